The first-order valence-electron chi connectivity index (χ1n) is 7.75. The van der Waals surface area contributed by atoms with Crippen molar-refractivity contribution in [3.05, 3.63) is 47.5 Å². The van der Waals surface area contributed by atoms with Crippen LogP contribution in [0.3, 0.4) is 0 Å². The molecule has 0 N–H and O–H groups in total. The number of aryl methyl sites for hydroxylation is 1. The van der Waals surface area contributed by atoms with Gasteiger partial charge >= 0.3 is 0 Å². The maximum absolute atomic E-state index is 12.7. The van der Waals surface area contributed by atoms with Crippen molar-refractivity contribution in [3.63, 3.8) is 0 Å². The molecule has 1 saturated heterocycles. The van der Waals surface area contributed by atoms with Gasteiger partial charge in [0.15, 0.2) is 0 Å². The summed E-state index contributed by atoms with van der Waals surface area (Å²) in [6.45, 7) is 2.45. The van der Waals surface area contributed by atoms with Gasteiger partial charge in [-0.05, 0) is 42.7 Å². The largest absolute Gasteiger partial charge is 0.278 e. The molecule has 4 aliphatic rings. The van der Waals surface area contributed by atoms with Crippen LogP contribution in [-0.2, 0) is 16.1 Å². The van der Waals surface area contributed by atoms with E-state index in [1.807, 2.05) is 31.2 Å². The molecule has 3 aliphatic carbocycles. The van der Waals surface area contributed by atoms with Crippen molar-refractivity contribution in [2.45, 2.75) is 26.3 Å². The van der Waals surface area contributed by atoms with E-state index < -0.39 is 0 Å². The van der Waals surface area contributed by atoms with Gasteiger partial charge in [0.1, 0.15) is 0 Å². The Kier molecular flexibility index (Phi) is 2.78. The lowest BCUT2D eigenvalue weighted by atomic mass is 9.63. The summed E-state index contributed by atoms with van der Waals surface area (Å²) >= 11 is 0. The summed E-state index contributed by atoms with van der Waals surface area (Å²) in [4.78, 5) is 27.0. The molecule has 5 rings (SSSR count). The first-order valence-corrected chi connectivity index (χ1v) is 7.75. The molecular formula is C18H19NO2. The quantitative estimate of drug-likeness (QED) is 0.617. The molecule has 0 radical (unpaired) electrons. The number of rotatable bonds is 2. The van der Waals surface area contributed by atoms with Crippen LogP contribution in [0.4, 0.5) is 0 Å². The Morgan fingerprint density at radius 1 is 1.00 bits per heavy atom. The van der Waals surface area contributed by atoms with Crippen molar-refractivity contribution in [1.82, 2.24) is 4.90 Å². The number of fused-ring (bicyclic) bond motifs is 1. The van der Waals surface area contributed by atoms with E-state index in [0.29, 0.717) is 6.54 Å². The summed E-state index contributed by atoms with van der Waals surface area (Å²) in [5, 5.41) is 0. The molecule has 1 aliphatic heterocycles. The van der Waals surface area contributed by atoms with Gasteiger partial charge in [-0.2, -0.15) is 0 Å². The fourth-order valence-electron chi connectivity index (χ4n) is 4.25. The Morgan fingerprint density at radius 3 is 2.10 bits per heavy atom. The third-order valence-electron chi connectivity index (χ3n) is 5.44. The molecule has 2 fully saturated rings. The molecule has 1 aromatic rings. The monoisotopic (exact) mass is 281 g/mol. The highest BCUT2D eigenvalue weighted by Gasteiger charge is 2.56. The number of benzene rings is 1. The van der Waals surface area contributed by atoms with E-state index in [9.17, 15) is 9.59 Å². The van der Waals surface area contributed by atoms with Crippen molar-refractivity contribution in [3.8, 4) is 0 Å². The maximum Gasteiger partial charge on any atom is 0.234 e. The van der Waals surface area contributed by atoms with Crippen LogP contribution in [0.25, 0.3) is 0 Å². The number of carbonyl (C=O) groups excluding carboxylic acids is 2. The second-order valence-electron chi connectivity index (χ2n) is 6.53. The summed E-state index contributed by atoms with van der Waals surface area (Å²) < 4.78 is 0. The van der Waals surface area contributed by atoms with Crippen LogP contribution >= 0.6 is 0 Å². The van der Waals surface area contributed by atoms with Gasteiger partial charge in [0.25, 0.3) is 0 Å². The molecule has 3 nitrogen and oxygen atoms in total. The molecule has 3 heteroatoms. The Balaban J connectivity index is 1.65. The lowest BCUT2D eigenvalue weighted by Crippen LogP contribution is -2.38. The number of hydrogen-bond acceptors (Lipinski definition) is 2. The Hall–Kier alpha value is -1.90. The van der Waals surface area contributed by atoms with Gasteiger partial charge in [-0.3, -0.25) is 14.5 Å². The maximum atomic E-state index is 12.7. The Bertz CT molecular complexity index is 616. The smallest absolute Gasteiger partial charge is 0.234 e. The van der Waals surface area contributed by atoms with Gasteiger partial charge in [-0.1, -0.05) is 36.4 Å². The van der Waals surface area contributed by atoms with Gasteiger partial charge in [-0.25, -0.2) is 0 Å². The second-order valence-corrected chi connectivity index (χ2v) is 6.53. The zero-order valence-electron chi connectivity index (χ0n) is 12.2. The summed E-state index contributed by atoms with van der Waals surface area (Å²) in [6, 6.07) is 7.98. The van der Waals surface area contributed by atoms with E-state index in [2.05, 4.69) is 12.2 Å². The van der Waals surface area contributed by atoms with Gasteiger partial charge in [0.05, 0.1) is 18.4 Å². The number of carbonyl (C=O) groups is 2. The van der Waals surface area contributed by atoms with E-state index in [1.54, 1.807) is 0 Å². The first-order chi connectivity index (χ1) is 10.2. The highest BCUT2D eigenvalue weighted by molar-refractivity contribution is 6.06. The SMILES string of the molecule is Cc1ccccc1CN1C(=O)[C@H]2[C@H](C1=O)[C@@H]1C=C[C@@H]2CC1. The standard InChI is InChI=1S/C18H19NO2/c1-11-4-2-3-5-14(11)10-19-17(20)15-12-6-7-13(9-8-12)16(15)18(19)21/h2-7,12-13,15-16H,8-10H2,1H3/t12-,13-,15-,16-/m1/s1. The summed E-state index contributed by atoms with van der Waals surface area (Å²) in [6.07, 6.45) is 6.44. The van der Waals surface area contributed by atoms with Crippen LogP contribution in [0.5, 0.6) is 0 Å². The number of allylic oxidation sites excluding steroid dienone is 2. The van der Waals surface area contributed by atoms with E-state index in [1.165, 1.54) is 4.90 Å². The minimum atomic E-state index is -0.0923. The minimum absolute atomic E-state index is 0.0484. The molecular weight excluding hydrogens is 262 g/mol. The van der Waals surface area contributed by atoms with E-state index >= 15 is 0 Å². The molecule has 108 valence electrons. The number of amides is 2. The van der Waals surface area contributed by atoms with Gasteiger partial charge in [0, 0.05) is 0 Å². The van der Waals surface area contributed by atoms with E-state index in [4.69, 9.17) is 0 Å². The fourth-order valence-corrected chi connectivity index (χ4v) is 4.25. The third-order valence-corrected chi connectivity index (χ3v) is 5.44. The van der Waals surface area contributed by atoms with Crippen LogP contribution in [0.1, 0.15) is 24.0 Å². The molecule has 21 heavy (non-hydrogen) atoms. The van der Waals surface area contributed by atoms with Crippen molar-refractivity contribution in [2.24, 2.45) is 23.7 Å². The Labute approximate surface area is 124 Å². The summed E-state index contributed by atoms with van der Waals surface area (Å²) in [5.74, 6) is 0.465. The zero-order valence-corrected chi connectivity index (χ0v) is 12.2. The van der Waals surface area contributed by atoms with Gasteiger partial charge in [-0.15, -0.1) is 0 Å². The van der Waals surface area contributed by atoms with Gasteiger partial charge < -0.3 is 0 Å². The topological polar surface area (TPSA) is 37.4 Å². The van der Waals surface area contributed by atoms with Crippen molar-refractivity contribution in [1.29, 1.82) is 0 Å². The lowest BCUT2D eigenvalue weighted by molar-refractivity contribution is -0.140. The summed E-state index contributed by atoms with van der Waals surface area (Å²) in [7, 11) is 0. The van der Waals surface area contributed by atoms with Crippen LogP contribution in [0.2, 0.25) is 0 Å². The van der Waals surface area contributed by atoms with E-state index in [-0.39, 0.29) is 35.5 Å². The average molecular weight is 281 g/mol. The zero-order chi connectivity index (χ0) is 14.6. The van der Waals surface area contributed by atoms with Crippen LogP contribution in [-0.4, -0.2) is 16.7 Å². The lowest BCUT2D eigenvalue weighted by Gasteiger charge is -2.38. The molecule has 2 bridgehead atoms. The van der Waals surface area contributed by atoms with Crippen LogP contribution in [0, 0.1) is 30.6 Å². The highest BCUT2D eigenvalue weighted by Crippen LogP contribution is 2.49. The molecule has 0 spiro atoms. The molecule has 0 aromatic heterocycles. The highest BCUT2D eigenvalue weighted by atomic mass is 16.2. The van der Waals surface area contributed by atoms with Crippen LogP contribution < -0.4 is 0 Å². The Morgan fingerprint density at radius 2 is 1.57 bits per heavy atom. The molecule has 1 aromatic carbocycles. The molecule has 1 saturated carbocycles. The van der Waals surface area contributed by atoms with Crippen molar-refractivity contribution >= 4 is 11.8 Å². The summed E-state index contributed by atoms with van der Waals surface area (Å²) in [5.41, 5.74) is 2.20. The van der Waals surface area contributed by atoms with E-state index in [0.717, 1.165) is 24.0 Å². The van der Waals surface area contributed by atoms with Crippen LogP contribution in [0.15, 0.2) is 36.4 Å². The van der Waals surface area contributed by atoms with Crippen molar-refractivity contribution in [2.75, 3.05) is 0 Å². The third kappa shape index (κ3) is 1.80. The normalized spacial score (nSPS) is 33.7. The van der Waals surface area contributed by atoms with Gasteiger partial charge in [0.2, 0.25) is 11.8 Å². The number of likely N-dealkylation sites (tertiary alicyclic amines) is 1. The molecule has 4 atom stereocenters. The number of nitrogens with zero attached hydrogens (tertiary/aromatic N) is 1. The average Bonchev–Trinajstić information content (AvgIpc) is 2.78. The first kappa shape index (κ1) is 12.8. The number of hydrogen-bond donors (Lipinski definition) is 0. The molecule has 1 heterocycles. The fraction of sp³-hybridized carbons (Fsp3) is 0.444. The predicted molar refractivity (Wildman–Crippen MR) is 79.1 cm³/mol. The molecule has 2 amide bonds. The van der Waals surface area contributed by atoms with Crippen molar-refractivity contribution < 1.29 is 9.59 Å². The molecule has 0 unspecified atom stereocenters. The predicted octanol–water partition coefficient (Wildman–Crippen LogP) is 2.69. The number of imide groups is 1. The minimum Gasteiger partial charge on any atom is -0.278 e. The second kappa shape index (κ2) is 4.55.